The molecule has 3 heteroatoms. The highest BCUT2D eigenvalue weighted by atomic mass is 32.2. The normalized spacial score (nSPS) is 27.9. The second-order valence-electron chi connectivity index (χ2n) is 4.36. The van der Waals surface area contributed by atoms with E-state index in [2.05, 4.69) is 11.5 Å². The maximum atomic E-state index is 12.0. The SMILES string of the molecule is O=C(CC1CCOCC1)C1CC=CSC1. The molecule has 15 heavy (non-hydrogen) atoms. The molecule has 0 N–H and O–H groups in total. The molecule has 0 radical (unpaired) electrons. The van der Waals surface area contributed by atoms with E-state index in [0.717, 1.165) is 44.6 Å². The number of hydrogen-bond acceptors (Lipinski definition) is 3. The Balaban J connectivity index is 1.77. The predicted octanol–water partition coefficient (Wildman–Crippen LogP) is 2.64. The Hall–Kier alpha value is -0.280. The Kier molecular flexibility index (Phi) is 4.27. The van der Waals surface area contributed by atoms with Crippen LogP contribution in [0.5, 0.6) is 0 Å². The second kappa shape index (κ2) is 5.71. The average molecular weight is 226 g/mol. The first kappa shape index (κ1) is 11.2. The summed E-state index contributed by atoms with van der Waals surface area (Å²) < 4.78 is 5.30. The maximum absolute atomic E-state index is 12.0. The van der Waals surface area contributed by atoms with Crippen LogP contribution in [0.1, 0.15) is 25.7 Å². The standard InChI is InChI=1S/C12H18O2S/c13-12(11-2-1-7-15-9-11)8-10-3-5-14-6-4-10/h1,7,10-11H,2-6,8-9H2. The number of carbonyl (C=O) groups is 1. The highest BCUT2D eigenvalue weighted by molar-refractivity contribution is 8.02. The van der Waals surface area contributed by atoms with Crippen molar-refractivity contribution >= 4 is 17.5 Å². The van der Waals surface area contributed by atoms with E-state index in [1.807, 2.05) is 0 Å². The van der Waals surface area contributed by atoms with Gasteiger partial charge in [-0.05, 0) is 30.6 Å². The highest BCUT2D eigenvalue weighted by Crippen LogP contribution is 2.26. The van der Waals surface area contributed by atoms with E-state index in [9.17, 15) is 4.79 Å². The Labute approximate surface area is 95.5 Å². The second-order valence-corrected chi connectivity index (χ2v) is 5.30. The van der Waals surface area contributed by atoms with Gasteiger partial charge in [-0.1, -0.05) is 6.08 Å². The Morgan fingerprint density at radius 2 is 2.20 bits per heavy atom. The van der Waals surface area contributed by atoms with Gasteiger partial charge in [0.25, 0.3) is 0 Å². The van der Waals surface area contributed by atoms with Crippen LogP contribution in [0.25, 0.3) is 0 Å². The fraction of sp³-hybridized carbons (Fsp3) is 0.750. The lowest BCUT2D eigenvalue weighted by molar-refractivity contribution is -0.123. The molecule has 84 valence electrons. The number of ketones is 1. The van der Waals surface area contributed by atoms with Crippen molar-refractivity contribution in [3.63, 3.8) is 0 Å². The first-order chi connectivity index (χ1) is 7.36. The summed E-state index contributed by atoms with van der Waals surface area (Å²) in [6.07, 6.45) is 6.00. The van der Waals surface area contributed by atoms with Crippen LogP contribution in [0.3, 0.4) is 0 Å². The molecule has 0 aliphatic carbocycles. The van der Waals surface area contributed by atoms with Crippen LogP contribution < -0.4 is 0 Å². The van der Waals surface area contributed by atoms with Gasteiger partial charge < -0.3 is 4.74 Å². The highest BCUT2D eigenvalue weighted by Gasteiger charge is 2.23. The number of thioether (sulfide) groups is 1. The molecule has 1 unspecified atom stereocenters. The van der Waals surface area contributed by atoms with Crippen molar-refractivity contribution in [2.75, 3.05) is 19.0 Å². The van der Waals surface area contributed by atoms with E-state index in [-0.39, 0.29) is 5.92 Å². The van der Waals surface area contributed by atoms with Crippen molar-refractivity contribution in [3.8, 4) is 0 Å². The largest absolute Gasteiger partial charge is 0.381 e. The topological polar surface area (TPSA) is 26.3 Å². The Morgan fingerprint density at radius 3 is 2.87 bits per heavy atom. The summed E-state index contributed by atoms with van der Waals surface area (Å²) in [7, 11) is 0. The fourth-order valence-corrected chi connectivity index (χ4v) is 3.07. The zero-order valence-corrected chi connectivity index (χ0v) is 9.80. The molecule has 2 rings (SSSR count). The third kappa shape index (κ3) is 3.35. The Bertz CT molecular complexity index is 244. The molecule has 0 amide bonds. The summed E-state index contributed by atoms with van der Waals surface area (Å²) >= 11 is 1.77. The van der Waals surface area contributed by atoms with Gasteiger partial charge in [0, 0.05) is 31.3 Å². The molecule has 1 saturated heterocycles. The predicted molar refractivity (Wildman–Crippen MR) is 62.9 cm³/mol. The van der Waals surface area contributed by atoms with Crippen molar-refractivity contribution < 1.29 is 9.53 Å². The van der Waals surface area contributed by atoms with E-state index in [1.54, 1.807) is 11.8 Å². The molecular formula is C12H18O2S. The summed E-state index contributed by atoms with van der Waals surface area (Å²) in [5.41, 5.74) is 0. The Morgan fingerprint density at radius 1 is 1.40 bits per heavy atom. The molecule has 0 aromatic carbocycles. The summed E-state index contributed by atoms with van der Waals surface area (Å²) in [5.74, 6) is 2.32. The molecule has 0 saturated carbocycles. The summed E-state index contributed by atoms with van der Waals surface area (Å²) in [5, 5.41) is 2.11. The van der Waals surface area contributed by atoms with Crippen LogP contribution in [0.2, 0.25) is 0 Å². The van der Waals surface area contributed by atoms with Crippen molar-refractivity contribution in [1.82, 2.24) is 0 Å². The molecule has 2 aliphatic rings. The smallest absolute Gasteiger partial charge is 0.137 e. The number of allylic oxidation sites excluding steroid dienone is 1. The summed E-state index contributed by atoms with van der Waals surface area (Å²) in [6.45, 7) is 1.69. The molecule has 0 bridgehead atoms. The first-order valence-electron chi connectivity index (χ1n) is 5.73. The van der Waals surface area contributed by atoms with Gasteiger partial charge >= 0.3 is 0 Å². The van der Waals surface area contributed by atoms with E-state index < -0.39 is 0 Å². The summed E-state index contributed by atoms with van der Waals surface area (Å²) in [4.78, 5) is 12.0. The molecule has 1 fully saturated rings. The van der Waals surface area contributed by atoms with Crippen LogP contribution in [-0.2, 0) is 9.53 Å². The van der Waals surface area contributed by atoms with Crippen LogP contribution in [0.4, 0.5) is 0 Å². The van der Waals surface area contributed by atoms with Crippen LogP contribution in [-0.4, -0.2) is 24.7 Å². The van der Waals surface area contributed by atoms with Gasteiger partial charge in [-0.3, -0.25) is 4.79 Å². The molecule has 2 aliphatic heterocycles. The van der Waals surface area contributed by atoms with Crippen molar-refractivity contribution in [3.05, 3.63) is 11.5 Å². The minimum atomic E-state index is 0.280. The maximum Gasteiger partial charge on any atom is 0.137 e. The third-order valence-corrected chi connectivity index (χ3v) is 4.18. The summed E-state index contributed by atoms with van der Waals surface area (Å²) in [6, 6.07) is 0. The van der Waals surface area contributed by atoms with Crippen LogP contribution in [0, 0.1) is 11.8 Å². The minimum absolute atomic E-state index is 0.280. The lowest BCUT2D eigenvalue weighted by Crippen LogP contribution is -2.24. The van der Waals surface area contributed by atoms with E-state index in [1.165, 1.54) is 0 Å². The van der Waals surface area contributed by atoms with Gasteiger partial charge in [-0.2, -0.15) is 0 Å². The average Bonchev–Trinajstić information content (AvgIpc) is 2.31. The van der Waals surface area contributed by atoms with Gasteiger partial charge in [0.1, 0.15) is 5.78 Å². The number of Topliss-reactive ketones (excluding diaryl/α,β-unsaturated/α-hetero) is 1. The molecule has 0 spiro atoms. The zero-order chi connectivity index (χ0) is 10.5. The lowest BCUT2D eigenvalue weighted by atomic mass is 9.89. The lowest BCUT2D eigenvalue weighted by Gasteiger charge is -2.23. The number of carbonyl (C=O) groups excluding carboxylic acids is 1. The van der Waals surface area contributed by atoms with E-state index >= 15 is 0 Å². The third-order valence-electron chi connectivity index (χ3n) is 3.20. The molecule has 0 aromatic rings. The fourth-order valence-electron chi connectivity index (χ4n) is 2.15. The minimum Gasteiger partial charge on any atom is -0.381 e. The molecule has 1 atom stereocenters. The van der Waals surface area contributed by atoms with Gasteiger partial charge in [0.2, 0.25) is 0 Å². The van der Waals surface area contributed by atoms with Gasteiger partial charge in [0.05, 0.1) is 0 Å². The number of rotatable bonds is 3. The van der Waals surface area contributed by atoms with Crippen molar-refractivity contribution in [2.45, 2.75) is 25.7 Å². The van der Waals surface area contributed by atoms with Gasteiger partial charge in [0.15, 0.2) is 0 Å². The molecular weight excluding hydrogens is 208 g/mol. The quantitative estimate of drug-likeness (QED) is 0.740. The van der Waals surface area contributed by atoms with Crippen molar-refractivity contribution in [1.29, 1.82) is 0 Å². The number of ether oxygens (including phenoxy) is 1. The van der Waals surface area contributed by atoms with Crippen LogP contribution in [0.15, 0.2) is 11.5 Å². The first-order valence-corrected chi connectivity index (χ1v) is 6.78. The number of hydrogen-bond donors (Lipinski definition) is 0. The van der Waals surface area contributed by atoms with E-state index in [0.29, 0.717) is 11.7 Å². The van der Waals surface area contributed by atoms with Gasteiger partial charge in [-0.25, -0.2) is 0 Å². The van der Waals surface area contributed by atoms with Gasteiger partial charge in [-0.15, -0.1) is 11.8 Å². The molecule has 0 aromatic heterocycles. The van der Waals surface area contributed by atoms with Crippen LogP contribution >= 0.6 is 11.8 Å². The monoisotopic (exact) mass is 226 g/mol. The zero-order valence-electron chi connectivity index (χ0n) is 8.98. The van der Waals surface area contributed by atoms with E-state index in [4.69, 9.17) is 4.74 Å². The molecule has 2 heterocycles. The molecule has 2 nitrogen and oxygen atoms in total. The van der Waals surface area contributed by atoms with Crippen molar-refractivity contribution in [2.24, 2.45) is 11.8 Å².